The number of anilines is 1. The van der Waals surface area contributed by atoms with Gasteiger partial charge in [0.1, 0.15) is 9.88 Å². The number of thiophene rings is 1. The summed E-state index contributed by atoms with van der Waals surface area (Å²) in [5, 5.41) is 0.813. The molecule has 5 nitrogen and oxygen atoms in total. The number of hydrogen-bond donors (Lipinski definition) is 0. The van der Waals surface area contributed by atoms with Crippen LogP contribution in [0.4, 0.5) is 9.80 Å². The van der Waals surface area contributed by atoms with E-state index in [9.17, 15) is 9.59 Å². The molecule has 1 aliphatic rings. The molecule has 0 spiro atoms. The van der Waals surface area contributed by atoms with Crippen LogP contribution in [0.15, 0.2) is 36.4 Å². The Kier molecular flexibility index (Phi) is 5.38. The van der Waals surface area contributed by atoms with E-state index in [2.05, 4.69) is 12.1 Å². The average Bonchev–Trinajstić information content (AvgIpc) is 3.17. The number of amides is 2. The molecule has 1 aromatic heterocycles. The van der Waals surface area contributed by atoms with E-state index in [0.29, 0.717) is 31.1 Å². The van der Waals surface area contributed by atoms with Gasteiger partial charge in [-0.15, -0.1) is 11.3 Å². The normalized spacial score (nSPS) is 14.2. The number of esters is 1. The summed E-state index contributed by atoms with van der Waals surface area (Å²) in [5.41, 5.74) is 2.08. The van der Waals surface area contributed by atoms with Crippen molar-refractivity contribution in [1.29, 1.82) is 0 Å². The van der Waals surface area contributed by atoms with Gasteiger partial charge in [0.25, 0.3) is 0 Å². The van der Waals surface area contributed by atoms with E-state index in [1.54, 1.807) is 11.8 Å². The van der Waals surface area contributed by atoms with Crippen LogP contribution < -0.4 is 4.90 Å². The highest BCUT2D eigenvalue weighted by Crippen LogP contribution is 2.32. The number of aryl methyl sites for hydroxylation is 1. The monoisotopic (exact) mass is 358 g/mol. The first-order chi connectivity index (χ1) is 12.1. The quantitative estimate of drug-likeness (QED) is 0.740. The van der Waals surface area contributed by atoms with Crippen molar-refractivity contribution in [3.63, 3.8) is 0 Å². The van der Waals surface area contributed by atoms with Gasteiger partial charge in [0, 0.05) is 19.6 Å². The predicted molar refractivity (Wildman–Crippen MR) is 99.5 cm³/mol. The van der Waals surface area contributed by atoms with Crippen molar-refractivity contribution in [3.05, 3.63) is 52.4 Å². The van der Waals surface area contributed by atoms with Gasteiger partial charge in [-0.1, -0.05) is 30.3 Å². The van der Waals surface area contributed by atoms with Crippen LogP contribution in [0.25, 0.3) is 0 Å². The smallest absolute Gasteiger partial charge is 0.348 e. The van der Waals surface area contributed by atoms with Crippen LogP contribution in [0.5, 0.6) is 0 Å². The topological polar surface area (TPSA) is 49.9 Å². The minimum atomic E-state index is -0.316. The van der Waals surface area contributed by atoms with Gasteiger partial charge in [0.05, 0.1) is 6.61 Å². The van der Waals surface area contributed by atoms with Gasteiger partial charge in [0.2, 0.25) is 0 Å². The van der Waals surface area contributed by atoms with Crippen LogP contribution >= 0.6 is 11.3 Å². The Hall–Kier alpha value is -2.34. The molecule has 0 N–H and O–H groups in total. The van der Waals surface area contributed by atoms with Gasteiger partial charge in [-0.25, -0.2) is 9.59 Å². The Morgan fingerprint density at radius 3 is 2.72 bits per heavy atom. The van der Waals surface area contributed by atoms with E-state index >= 15 is 0 Å². The molecule has 1 aromatic carbocycles. The second-order valence-electron chi connectivity index (χ2n) is 5.97. The highest BCUT2D eigenvalue weighted by atomic mass is 32.1. The summed E-state index contributed by atoms with van der Waals surface area (Å²) in [6.45, 7) is 6.07. The van der Waals surface area contributed by atoms with E-state index in [0.717, 1.165) is 17.0 Å². The number of carbonyl (C=O) groups excluding carboxylic acids is 2. The van der Waals surface area contributed by atoms with Gasteiger partial charge < -0.3 is 9.64 Å². The van der Waals surface area contributed by atoms with E-state index < -0.39 is 0 Å². The molecule has 25 heavy (non-hydrogen) atoms. The third-order valence-electron chi connectivity index (χ3n) is 4.24. The summed E-state index contributed by atoms with van der Waals surface area (Å²) in [6.07, 6.45) is 0.845. The highest BCUT2D eigenvalue weighted by molar-refractivity contribution is 7.18. The number of carbonyl (C=O) groups is 2. The molecule has 132 valence electrons. The van der Waals surface area contributed by atoms with Crippen LogP contribution in [-0.2, 0) is 11.2 Å². The Bertz CT molecular complexity index is 757. The Morgan fingerprint density at radius 2 is 2.00 bits per heavy atom. The lowest BCUT2D eigenvalue weighted by atomic mass is 10.1. The van der Waals surface area contributed by atoms with Gasteiger partial charge in [-0.05, 0) is 37.5 Å². The maximum atomic E-state index is 12.7. The number of ether oxygens (including phenoxy) is 1. The zero-order valence-corrected chi connectivity index (χ0v) is 15.3. The van der Waals surface area contributed by atoms with Crippen molar-refractivity contribution in [1.82, 2.24) is 4.90 Å². The first-order valence-corrected chi connectivity index (χ1v) is 9.29. The zero-order chi connectivity index (χ0) is 17.8. The number of rotatable bonds is 6. The zero-order valence-electron chi connectivity index (χ0n) is 14.5. The standard InChI is InChI=1S/C19H22N2O3S/c1-3-24-18(22)17-14(2)13-16(25-17)21-12-11-20(19(21)23)10-9-15-7-5-4-6-8-15/h4-8,13H,3,9-12H2,1-2H3. The van der Waals surface area contributed by atoms with Crippen molar-refractivity contribution < 1.29 is 14.3 Å². The van der Waals surface area contributed by atoms with Crippen LogP contribution in [0.3, 0.4) is 0 Å². The Balaban J connectivity index is 1.65. The molecular formula is C19H22N2O3S. The molecule has 1 aliphatic heterocycles. The van der Waals surface area contributed by atoms with Crippen LogP contribution in [-0.4, -0.2) is 43.1 Å². The number of hydrogen-bond acceptors (Lipinski definition) is 4. The third-order valence-corrected chi connectivity index (χ3v) is 5.48. The molecule has 3 rings (SSSR count). The van der Waals surface area contributed by atoms with Gasteiger partial charge in [0.15, 0.2) is 0 Å². The number of benzene rings is 1. The summed E-state index contributed by atoms with van der Waals surface area (Å²) in [4.78, 5) is 28.9. The summed E-state index contributed by atoms with van der Waals surface area (Å²) in [7, 11) is 0. The fourth-order valence-electron chi connectivity index (χ4n) is 2.90. The van der Waals surface area contributed by atoms with Gasteiger partial charge in [-0.2, -0.15) is 0 Å². The Morgan fingerprint density at radius 1 is 1.24 bits per heavy atom. The van der Waals surface area contributed by atoms with E-state index in [-0.39, 0.29) is 12.0 Å². The van der Waals surface area contributed by atoms with Crippen molar-refractivity contribution >= 4 is 28.3 Å². The molecule has 2 amide bonds. The maximum absolute atomic E-state index is 12.7. The molecule has 0 atom stereocenters. The molecule has 1 fully saturated rings. The fourth-order valence-corrected chi connectivity index (χ4v) is 3.99. The van der Waals surface area contributed by atoms with Crippen molar-refractivity contribution in [2.45, 2.75) is 20.3 Å². The predicted octanol–water partition coefficient (Wildman–Crippen LogP) is 3.72. The molecule has 2 heterocycles. The molecule has 0 aliphatic carbocycles. The summed E-state index contributed by atoms with van der Waals surface area (Å²) < 4.78 is 5.08. The number of urea groups is 1. The average molecular weight is 358 g/mol. The second kappa shape index (κ2) is 7.70. The summed E-state index contributed by atoms with van der Waals surface area (Å²) >= 11 is 1.33. The minimum Gasteiger partial charge on any atom is -0.462 e. The molecule has 0 bridgehead atoms. The van der Waals surface area contributed by atoms with Crippen molar-refractivity contribution in [2.75, 3.05) is 31.1 Å². The first kappa shape index (κ1) is 17.5. The van der Waals surface area contributed by atoms with E-state index in [1.165, 1.54) is 16.9 Å². The lowest BCUT2D eigenvalue weighted by Crippen LogP contribution is -2.32. The van der Waals surface area contributed by atoms with Crippen molar-refractivity contribution in [3.8, 4) is 0 Å². The van der Waals surface area contributed by atoms with Crippen molar-refractivity contribution in [2.24, 2.45) is 0 Å². The van der Waals surface area contributed by atoms with Crippen LogP contribution in [0.2, 0.25) is 0 Å². The maximum Gasteiger partial charge on any atom is 0.348 e. The van der Waals surface area contributed by atoms with Gasteiger partial charge >= 0.3 is 12.0 Å². The lowest BCUT2D eigenvalue weighted by molar-refractivity contribution is 0.0531. The molecule has 6 heteroatoms. The Labute approximate surface area is 151 Å². The fraction of sp³-hybridized carbons (Fsp3) is 0.368. The largest absolute Gasteiger partial charge is 0.462 e. The van der Waals surface area contributed by atoms with E-state index in [1.807, 2.05) is 36.1 Å². The molecule has 0 radical (unpaired) electrons. The summed E-state index contributed by atoms with van der Waals surface area (Å²) in [6, 6.07) is 12.1. The van der Waals surface area contributed by atoms with Crippen LogP contribution in [0, 0.1) is 6.92 Å². The molecular weight excluding hydrogens is 336 g/mol. The first-order valence-electron chi connectivity index (χ1n) is 8.48. The summed E-state index contributed by atoms with van der Waals surface area (Å²) in [5.74, 6) is -0.316. The van der Waals surface area contributed by atoms with E-state index in [4.69, 9.17) is 4.74 Å². The van der Waals surface area contributed by atoms with Crippen LogP contribution in [0.1, 0.15) is 27.7 Å². The molecule has 0 saturated carbocycles. The lowest BCUT2D eigenvalue weighted by Gasteiger charge is -2.17. The van der Waals surface area contributed by atoms with Gasteiger partial charge in [-0.3, -0.25) is 4.90 Å². The second-order valence-corrected chi connectivity index (χ2v) is 7.00. The molecule has 2 aromatic rings. The SMILES string of the molecule is CCOC(=O)c1sc(N2CCN(CCc3ccccc3)C2=O)cc1C. The third kappa shape index (κ3) is 3.85. The molecule has 1 saturated heterocycles. The molecule has 0 unspecified atom stereocenters. The minimum absolute atomic E-state index is 0.00703. The number of nitrogens with zero attached hydrogens (tertiary/aromatic N) is 2. The highest BCUT2D eigenvalue weighted by Gasteiger charge is 2.31.